The quantitative estimate of drug-likeness (QED) is 0.0345. The lowest BCUT2D eigenvalue weighted by molar-refractivity contribution is -0.149. The van der Waals surface area contributed by atoms with E-state index in [0.29, 0.717) is 36.8 Å². The van der Waals surface area contributed by atoms with Crippen LogP contribution in [0.15, 0.2) is 54.7 Å². The van der Waals surface area contributed by atoms with Crippen molar-refractivity contribution in [2.75, 3.05) is 19.6 Å². The maximum absolute atomic E-state index is 14.5. The third-order valence-corrected chi connectivity index (χ3v) is 15.7. The van der Waals surface area contributed by atoms with Gasteiger partial charge in [-0.05, 0) is 118 Å². The van der Waals surface area contributed by atoms with Crippen LogP contribution in [0.4, 0.5) is 0 Å². The number of aromatic nitrogens is 1. The second-order valence-electron chi connectivity index (χ2n) is 24.2. The van der Waals surface area contributed by atoms with Gasteiger partial charge in [-0.1, -0.05) is 71.9 Å². The number of aromatic hydroxyl groups is 1. The van der Waals surface area contributed by atoms with Crippen LogP contribution in [0.5, 0.6) is 5.75 Å². The number of hydrogen-bond acceptors (Lipinski definition) is 15. The topological polar surface area (TPSA) is 433 Å². The summed E-state index contributed by atoms with van der Waals surface area (Å²) < 4.78 is 0. The number of aliphatic hydroxyl groups is 1. The highest BCUT2D eigenvalue weighted by molar-refractivity contribution is 5.99. The van der Waals surface area contributed by atoms with E-state index in [-0.39, 0.29) is 82.2 Å². The third kappa shape index (κ3) is 20.2. The average Bonchev–Trinajstić information content (AvgIpc) is 4.46. The van der Waals surface area contributed by atoms with Crippen LogP contribution in [0.2, 0.25) is 0 Å². The van der Waals surface area contributed by atoms with Crippen LogP contribution in [0.25, 0.3) is 10.9 Å². The lowest BCUT2D eigenvalue weighted by Gasteiger charge is -2.34. The van der Waals surface area contributed by atoms with Crippen LogP contribution in [0.3, 0.4) is 0 Å². The van der Waals surface area contributed by atoms with Gasteiger partial charge in [-0.25, -0.2) is 4.79 Å². The molecule has 17 N–H and O–H groups in total. The number of nitrogens with zero attached hydrogens (tertiary/aromatic N) is 2. The van der Waals surface area contributed by atoms with Gasteiger partial charge in [0.15, 0.2) is 0 Å². The van der Waals surface area contributed by atoms with Crippen molar-refractivity contribution in [3.8, 4) is 5.75 Å². The highest BCUT2D eigenvalue weighted by Crippen LogP contribution is 2.27. The molecular formula is C61H91N13O14. The molecule has 0 unspecified atom stereocenters. The standard InChI is InChI=1S/C61H91N13O14/c1-32(2)26-43(54(80)68-45(29-37-31-65-41-15-9-8-14-39(37)41)55(81)70-46(61(87)88)28-36-19-21-38(76)22-20-36)67-53(79)42(16-10-11-23-62)66-58(84)50(34(5)6)71-56(82)44(27-33(3)4)69-57(83)47-17-12-24-73(47)59(85)48-18-13-25-74(48)60(86)51(35(7)75)72-52(78)40(63)30-49(64)77/h8-9,14-15,19-22,31-35,40,42-48,50-51,65,75-76H,10-13,16-18,23-30,62-63H2,1-7H3,(H2,64,77)(H,66,84)(H,67,79)(H,68,80)(H,69,83)(H,70,81)(H,71,82)(H,72,78)(H,87,88)/t35-,40+,42+,43+,44+,45+,46+,47+,48+,50+,51+/m1/s1. The molecule has 11 atom stereocenters. The number of unbranched alkanes of at least 4 members (excludes halogenated alkanes) is 1. The second kappa shape index (κ2) is 33.3. The van der Waals surface area contributed by atoms with Crippen molar-refractivity contribution in [3.63, 3.8) is 0 Å². The first kappa shape index (κ1) is 70.6. The number of para-hydroxylation sites is 1. The number of amides is 10. The van der Waals surface area contributed by atoms with Gasteiger partial charge in [-0.3, -0.25) is 47.9 Å². The van der Waals surface area contributed by atoms with E-state index in [1.54, 1.807) is 26.1 Å². The largest absolute Gasteiger partial charge is 0.508 e. The fourth-order valence-electron chi connectivity index (χ4n) is 11.0. The van der Waals surface area contributed by atoms with Gasteiger partial charge in [0, 0.05) is 43.0 Å². The smallest absolute Gasteiger partial charge is 0.326 e. The average molecular weight is 1230 g/mol. The molecule has 27 nitrogen and oxygen atoms in total. The number of phenolic OH excluding ortho intramolecular Hbond substituents is 1. The predicted octanol–water partition coefficient (Wildman–Crippen LogP) is -0.420. The third-order valence-electron chi connectivity index (χ3n) is 15.7. The Labute approximate surface area is 512 Å². The summed E-state index contributed by atoms with van der Waals surface area (Å²) in [5, 5.41) is 50.2. The summed E-state index contributed by atoms with van der Waals surface area (Å²) in [6.07, 6.45) is 1.83. The number of nitrogens with two attached hydrogens (primary N) is 3. The van der Waals surface area contributed by atoms with Crippen molar-refractivity contribution in [3.05, 3.63) is 65.9 Å². The van der Waals surface area contributed by atoms with E-state index < -0.39 is 144 Å². The zero-order chi connectivity index (χ0) is 65.1. The maximum Gasteiger partial charge on any atom is 0.326 e. The van der Waals surface area contributed by atoms with Crippen LogP contribution in [-0.4, -0.2) is 181 Å². The highest BCUT2D eigenvalue weighted by Gasteiger charge is 2.45. The fraction of sp³-hybridized carbons (Fsp3) is 0.590. The summed E-state index contributed by atoms with van der Waals surface area (Å²) in [4.78, 5) is 157. The van der Waals surface area contributed by atoms with Gasteiger partial charge in [-0.2, -0.15) is 0 Å². The molecule has 3 heterocycles. The van der Waals surface area contributed by atoms with Crippen molar-refractivity contribution in [1.29, 1.82) is 0 Å². The number of likely N-dealkylation sites (tertiary alicyclic amines) is 2. The minimum atomic E-state index is -1.53. The Morgan fingerprint density at radius 2 is 1.17 bits per heavy atom. The van der Waals surface area contributed by atoms with Crippen LogP contribution in [-0.2, 0) is 65.6 Å². The number of aliphatic hydroxyl groups excluding tert-OH is 1. The van der Waals surface area contributed by atoms with E-state index in [4.69, 9.17) is 17.2 Å². The first-order valence-electron chi connectivity index (χ1n) is 30.3. The minimum absolute atomic E-state index is 0.0309. The number of carboxylic acids is 1. The van der Waals surface area contributed by atoms with Gasteiger partial charge in [0.25, 0.3) is 0 Å². The molecule has 2 saturated heterocycles. The van der Waals surface area contributed by atoms with Gasteiger partial charge in [0.1, 0.15) is 60.1 Å². The molecule has 2 aliphatic heterocycles. The Kier molecular flexibility index (Phi) is 26.7. The van der Waals surface area contributed by atoms with Gasteiger partial charge in [0.05, 0.1) is 18.6 Å². The number of aromatic amines is 1. The number of primary amides is 1. The number of carbonyl (C=O) groups excluding carboxylic acids is 10. The van der Waals surface area contributed by atoms with E-state index >= 15 is 0 Å². The number of H-pyrrole nitrogens is 1. The van der Waals surface area contributed by atoms with Crippen molar-refractivity contribution in [2.24, 2.45) is 35.0 Å². The number of phenols is 1. The summed E-state index contributed by atoms with van der Waals surface area (Å²) in [6, 6.07) is 0.258. The van der Waals surface area contributed by atoms with Crippen molar-refractivity contribution in [1.82, 2.24) is 52.0 Å². The number of carboxylic acid groups (broad SMARTS) is 1. The first-order chi connectivity index (χ1) is 41.6. The molecule has 0 aliphatic carbocycles. The Bertz CT molecular complexity index is 2930. The molecule has 484 valence electrons. The van der Waals surface area contributed by atoms with E-state index in [2.05, 4.69) is 42.2 Å². The molecule has 3 aromatic rings. The Morgan fingerprint density at radius 1 is 0.625 bits per heavy atom. The lowest BCUT2D eigenvalue weighted by Crippen LogP contribution is -2.61. The number of benzene rings is 2. The molecule has 0 radical (unpaired) electrons. The summed E-state index contributed by atoms with van der Waals surface area (Å²) in [7, 11) is 0. The Hall–Kier alpha value is -8.17. The summed E-state index contributed by atoms with van der Waals surface area (Å²) in [6.45, 7) is 12.4. The molecule has 0 bridgehead atoms. The van der Waals surface area contributed by atoms with Crippen LogP contribution in [0.1, 0.15) is 124 Å². The van der Waals surface area contributed by atoms with Gasteiger partial charge in [-0.15, -0.1) is 0 Å². The van der Waals surface area contributed by atoms with Crippen molar-refractivity contribution < 1.29 is 68.1 Å². The first-order valence-corrected chi connectivity index (χ1v) is 30.3. The van der Waals surface area contributed by atoms with Gasteiger partial charge < -0.3 is 84.5 Å². The summed E-state index contributed by atoms with van der Waals surface area (Å²) >= 11 is 0. The number of aliphatic carboxylic acids is 1. The van der Waals surface area contributed by atoms with Crippen LogP contribution in [0, 0.1) is 17.8 Å². The molecule has 1 aromatic heterocycles. The minimum Gasteiger partial charge on any atom is -0.508 e. The second-order valence-corrected chi connectivity index (χ2v) is 24.2. The van der Waals surface area contributed by atoms with Gasteiger partial charge in [0.2, 0.25) is 59.1 Å². The molecule has 27 heteroatoms. The summed E-state index contributed by atoms with van der Waals surface area (Å²) in [5.74, 6) is -9.86. The molecule has 5 rings (SSSR count). The Balaban J connectivity index is 1.31. The van der Waals surface area contributed by atoms with E-state index in [1.165, 1.54) is 41.0 Å². The van der Waals surface area contributed by atoms with Crippen LogP contribution < -0.4 is 54.4 Å². The normalized spacial score (nSPS) is 18.1. The maximum atomic E-state index is 14.5. The molecule has 88 heavy (non-hydrogen) atoms. The number of rotatable bonds is 33. The van der Waals surface area contributed by atoms with E-state index in [1.807, 2.05) is 45.9 Å². The number of fused-ring (bicyclic) bond motifs is 1. The lowest BCUT2D eigenvalue weighted by atomic mass is 9.98. The van der Waals surface area contributed by atoms with Crippen LogP contribution >= 0.6 is 0 Å². The van der Waals surface area contributed by atoms with Crippen molar-refractivity contribution in [2.45, 2.75) is 192 Å². The van der Waals surface area contributed by atoms with E-state index in [0.717, 1.165) is 10.9 Å². The molecule has 0 spiro atoms. The zero-order valence-corrected chi connectivity index (χ0v) is 51.3. The molecular weight excluding hydrogens is 1140 g/mol. The monoisotopic (exact) mass is 1230 g/mol. The Morgan fingerprint density at radius 3 is 1.77 bits per heavy atom. The molecule has 0 saturated carbocycles. The number of hydrogen-bond donors (Lipinski definition) is 14. The SMILES string of the molecule is CC(C)C[C@H](NC(=O)[C@H](CCCCN)NC(=O)[C@@H](NC(=O)[C@H](CC(C)C)NC(=O)[C@@H]1CCCN1C(=O)[C@@H]1CCCN1C(=O)[C@@H](NC(=O)[C@@H](N)CC(N)=O)[C@@H](C)O)C(C)C)C(=O)N[C@@H](Cc1c[nH]c2ccccc12)C(=O)N[C@@H](Cc1ccc(O)cc1)C(=O)O. The fourth-order valence-corrected chi connectivity index (χ4v) is 11.0. The van der Waals surface area contributed by atoms with Crippen molar-refractivity contribution >= 4 is 75.9 Å². The summed E-state index contributed by atoms with van der Waals surface area (Å²) in [5.41, 5.74) is 18.7. The molecule has 2 fully saturated rings. The molecule has 2 aromatic carbocycles. The molecule has 2 aliphatic rings. The van der Waals surface area contributed by atoms with Gasteiger partial charge >= 0.3 is 5.97 Å². The number of carbonyl (C=O) groups is 11. The highest BCUT2D eigenvalue weighted by atomic mass is 16.4. The zero-order valence-electron chi connectivity index (χ0n) is 51.3. The number of nitrogens with one attached hydrogen (secondary N) is 8. The predicted molar refractivity (Wildman–Crippen MR) is 325 cm³/mol. The molecule has 10 amide bonds. The van der Waals surface area contributed by atoms with E-state index in [9.17, 15) is 68.1 Å².